The van der Waals surface area contributed by atoms with Gasteiger partial charge in [0, 0.05) is 17.5 Å². The summed E-state index contributed by atoms with van der Waals surface area (Å²) in [6.07, 6.45) is 0.806. The minimum atomic E-state index is -0.0517. The molecule has 1 heterocycles. The number of pyridine rings is 1. The van der Waals surface area contributed by atoms with Crippen molar-refractivity contribution < 1.29 is 4.79 Å². The van der Waals surface area contributed by atoms with E-state index in [0.717, 1.165) is 34.1 Å². The predicted octanol–water partition coefficient (Wildman–Crippen LogP) is 5.18. The first-order valence-corrected chi connectivity index (χ1v) is 9.51. The normalized spacial score (nSPS) is 10.8. The van der Waals surface area contributed by atoms with Gasteiger partial charge in [-0.25, -0.2) is 4.98 Å². The van der Waals surface area contributed by atoms with Crippen molar-refractivity contribution >= 4 is 16.8 Å². The molecular weight excluding hydrogens is 344 g/mol. The Morgan fingerprint density at radius 3 is 2.25 bits per heavy atom. The summed E-state index contributed by atoms with van der Waals surface area (Å²) in [4.78, 5) is 18.0. The van der Waals surface area contributed by atoms with Crippen molar-refractivity contribution in [1.82, 2.24) is 10.3 Å². The first kappa shape index (κ1) is 17.9. The third-order valence-corrected chi connectivity index (χ3v) is 4.95. The lowest BCUT2D eigenvalue weighted by Crippen LogP contribution is -2.27. The van der Waals surface area contributed by atoms with Crippen LogP contribution in [0.2, 0.25) is 0 Å². The first-order chi connectivity index (χ1) is 13.7. The van der Waals surface area contributed by atoms with E-state index >= 15 is 0 Å². The van der Waals surface area contributed by atoms with Crippen molar-refractivity contribution in [2.75, 3.05) is 6.54 Å². The lowest BCUT2D eigenvalue weighted by molar-refractivity contribution is 0.0955. The summed E-state index contributed by atoms with van der Waals surface area (Å²) in [7, 11) is 0. The quantitative estimate of drug-likeness (QED) is 0.529. The van der Waals surface area contributed by atoms with Crippen LogP contribution in [-0.4, -0.2) is 17.4 Å². The van der Waals surface area contributed by atoms with Gasteiger partial charge in [0.15, 0.2) is 0 Å². The highest BCUT2D eigenvalue weighted by atomic mass is 16.1. The highest BCUT2D eigenvalue weighted by molar-refractivity contribution is 6.08. The summed E-state index contributed by atoms with van der Waals surface area (Å²) in [5.41, 5.74) is 5.53. The molecule has 3 aromatic carbocycles. The molecule has 0 radical (unpaired) electrons. The third-order valence-electron chi connectivity index (χ3n) is 4.95. The van der Waals surface area contributed by atoms with Gasteiger partial charge < -0.3 is 5.32 Å². The summed E-state index contributed by atoms with van der Waals surface area (Å²) in [6, 6.07) is 28.0. The van der Waals surface area contributed by atoms with Crippen molar-refractivity contribution in [3.8, 4) is 11.3 Å². The van der Waals surface area contributed by atoms with Crippen LogP contribution in [0.15, 0.2) is 84.9 Å². The van der Waals surface area contributed by atoms with E-state index in [1.165, 1.54) is 5.56 Å². The van der Waals surface area contributed by atoms with E-state index in [4.69, 9.17) is 4.98 Å². The average molecular weight is 366 g/mol. The number of hydrogen-bond donors (Lipinski definition) is 1. The Morgan fingerprint density at radius 2 is 1.50 bits per heavy atom. The van der Waals surface area contributed by atoms with Gasteiger partial charge in [0.2, 0.25) is 0 Å². The molecule has 28 heavy (non-hydrogen) atoms. The van der Waals surface area contributed by atoms with Crippen LogP contribution in [0.1, 0.15) is 21.5 Å². The molecule has 0 saturated heterocycles. The molecule has 4 aromatic rings. The highest BCUT2D eigenvalue weighted by Crippen LogP contribution is 2.29. The van der Waals surface area contributed by atoms with Crippen LogP contribution in [0.25, 0.3) is 22.2 Å². The van der Waals surface area contributed by atoms with Gasteiger partial charge in [-0.1, -0.05) is 78.9 Å². The van der Waals surface area contributed by atoms with Crippen LogP contribution < -0.4 is 5.32 Å². The number of nitrogens with one attached hydrogen (secondary N) is 1. The molecule has 138 valence electrons. The van der Waals surface area contributed by atoms with E-state index in [2.05, 4.69) is 17.4 Å². The Bertz CT molecular complexity index is 1110. The zero-order valence-electron chi connectivity index (χ0n) is 15.9. The molecule has 0 spiro atoms. The molecule has 0 unspecified atom stereocenters. The molecular formula is C25H22N2O. The number of nitrogens with zero attached hydrogens (tertiary/aromatic N) is 1. The van der Waals surface area contributed by atoms with Gasteiger partial charge >= 0.3 is 0 Å². The van der Waals surface area contributed by atoms with E-state index in [-0.39, 0.29) is 5.91 Å². The van der Waals surface area contributed by atoms with Crippen molar-refractivity contribution in [3.05, 3.63) is 102 Å². The SMILES string of the molecule is Cc1c(-c2ccccc2)nc2ccccc2c1C(=O)NCCc1ccccc1. The summed E-state index contributed by atoms with van der Waals surface area (Å²) in [5.74, 6) is -0.0517. The van der Waals surface area contributed by atoms with Crippen LogP contribution in [0.5, 0.6) is 0 Å². The minimum Gasteiger partial charge on any atom is -0.352 e. The Morgan fingerprint density at radius 1 is 0.857 bits per heavy atom. The second-order valence-electron chi connectivity index (χ2n) is 6.84. The largest absolute Gasteiger partial charge is 0.352 e. The first-order valence-electron chi connectivity index (χ1n) is 9.51. The second kappa shape index (κ2) is 8.05. The lowest BCUT2D eigenvalue weighted by atomic mass is 9.97. The van der Waals surface area contributed by atoms with Crippen LogP contribution in [-0.2, 0) is 6.42 Å². The van der Waals surface area contributed by atoms with Gasteiger partial charge in [-0.05, 0) is 30.5 Å². The maximum atomic E-state index is 13.1. The molecule has 0 aliphatic rings. The van der Waals surface area contributed by atoms with Gasteiger partial charge in [0.1, 0.15) is 0 Å². The molecule has 1 aromatic heterocycles. The standard InChI is InChI=1S/C25H22N2O/c1-18-23(25(28)26-17-16-19-10-4-2-5-11-19)21-14-8-9-15-22(21)27-24(18)20-12-6-3-7-13-20/h2-15H,16-17H2,1H3,(H,26,28). The number of carbonyl (C=O) groups excluding carboxylic acids is 1. The van der Waals surface area contributed by atoms with E-state index in [1.54, 1.807) is 0 Å². The molecule has 1 N–H and O–H groups in total. The zero-order valence-corrected chi connectivity index (χ0v) is 15.9. The minimum absolute atomic E-state index is 0.0517. The summed E-state index contributed by atoms with van der Waals surface area (Å²) >= 11 is 0. The zero-order chi connectivity index (χ0) is 19.3. The van der Waals surface area contributed by atoms with Gasteiger partial charge in [-0.2, -0.15) is 0 Å². The molecule has 4 rings (SSSR count). The van der Waals surface area contributed by atoms with Crippen molar-refractivity contribution in [2.45, 2.75) is 13.3 Å². The number of fused-ring (bicyclic) bond motifs is 1. The predicted molar refractivity (Wildman–Crippen MR) is 114 cm³/mol. The molecule has 0 aliphatic carbocycles. The number of benzene rings is 3. The summed E-state index contributed by atoms with van der Waals surface area (Å²) in [5, 5.41) is 3.98. The van der Waals surface area contributed by atoms with Gasteiger partial charge in [0.25, 0.3) is 5.91 Å². The molecule has 0 aliphatic heterocycles. The van der Waals surface area contributed by atoms with Gasteiger partial charge in [0.05, 0.1) is 16.8 Å². The number of hydrogen-bond acceptors (Lipinski definition) is 2. The number of aromatic nitrogens is 1. The van der Waals surface area contributed by atoms with E-state index in [0.29, 0.717) is 12.1 Å². The Hall–Kier alpha value is -3.46. The van der Waals surface area contributed by atoms with Crippen LogP contribution in [0.3, 0.4) is 0 Å². The van der Waals surface area contributed by atoms with Crippen LogP contribution in [0, 0.1) is 6.92 Å². The second-order valence-corrected chi connectivity index (χ2v) is 6.84. The number of amides is 1. The van der Waals surface area contributed by atoms with Crippen LogP contribution in [0.4, 0.5) is 0 Å². The molecule has 0 atom stereocenters. The molecule has 1 amide bonds. The summed E-state index contributed by atoms with van der Waals surface area (Å²) in [6.45, 7) is 2.58. The third kappa shape index (κ3) is 3.65. The Kier molecular flexibility index (Phi) is 5.16. The number of para-hydroxylation sites is 1. The van der Waals surface area contributed by atoms with Crippen LogP contribution >= 0.6 is 0 Å². The Balaban J connectivity index is 1.68. The van der Waals surface area contributed by atoms with E-state index in [9.17, 15) is 4.79 Å². The fraction of sp³-hybridized carbons (Fsp3) is 0.120. The van der Waals surface area contributed by atoms with E-state index < -0.39 is 0 Å². The van der Waals surface area contributed by atoms with E-state index in [1.807, 2.05) is 79.7 Å². The van der Waals surface area contributed by atoms with Gasteiger partial charge in [-0.3, -0.25) is 4.79 Å². The molecule has 0 bridgehead atoms. The smallest absolute Gasteiger partial charge is 0.252 e. The van der Waals surface area contributed by atoms with Gasteiger partial charge in [-0.15, -0.1) is 0 Å². The average Bonchev–Trinajstić information content (AvgIpc) is 2.74. The number of rotatable bonds is 5. The summed E-state index contributed by atoms with van der Waals surface area (Å²) < 4.78 is 0. The van der Waals surface area contributed by atoms with Crippen molar-refractivity contribution in [1.29, 1.82) is 0 Å². The molecule has 3 nitrogen and oxygen atoms in total. The fourth-order valence-electron chi connectivity index (χ4n) is 3.53. The van der Waals surface area contributed by atoms with Crippen molar-refractivity contribution in [3.63, 3.8) is 0 Å². The lowest BCUT2D eigenvalue weighted by Gasteiger charge is -2.15. The molecule has 3 heteroatoms. The fourth-order valence-corrected chi connectivity index (χ4v) is 3.53. The Labute approximate surface area is 165 Å². The maximum Gasteiger partial charge on any atom is 0.252 e. The molecule has 0 saturated carbocycles. The number of carbonyl (C=O) groups is 1. The maximum absolute atomic E-state index is 13.1. The van der Waals surface area contributed by atoms with Crippen molar-refractivity contribution in [2.24, 2.45) is 0 Å². The topological polar surface area (TPSA) is 42.0 Å². The monoisotopic (exact) mass is 366 g/mol. The molecule has 0 fully saturated rings. The highest BCUT2D eigenvalue weighted by Gasteiger charge is 2.18.